The summed E-state index contributed by atoms with van der Waals surface area (Å²) in [7, 11) is 3.79. The highest BCUT2D eigenvalue weighted by Crippen LogP contribution is 2.19. The van der Waals surface area contributed by atoms with Crippen LogP contribution in [0.25, 0.3) is 0 Å². The summed E-state index contributed by atoms with van der Waals surface area (Å²) in [6, 6.07) is 0. The van der Waals surface area contributed by atoms with E-state index in [1.54, 1.807) is 0 Å². The Bertz CT molecular complexity index is 456. The molecule has 0 atom stereocenters. The molecule has 1 aromatic heterocycles. The number of thiazole rings is 1. The van der Waals surface area contributed by atoms with E-state index in [0.29, 0.717) is 19.0 Å². The van der Waals surface area contributed by atoms with E-state index in [-0.39, 0.29) is 6.54 Å². The molecule has 0 fully saturated rings. The molecule has 2 N–H and O–H groups in total. The molecule has 0 saturated heterocycles. The number of rotatable bonds is 6. The number of aromatic nitrogens is 1. The highest BCUT2D eigenvalue weighted by molar-refractivity contribution is 7.13. The fourth-order valence-electron chi connectivity index (χ4n) is 1.40. The molecule has 0 bridgehead atoms. The average molecular weight is 323 g/mol. The summed E-state index contributed by atoms with van der Waals surface area (Å²) in [5.74, 6) is 0.362. The van der Waals surface area contributed by atoms with E-state index in [1.165, 1.54) is 11.3 Å². The summed E-state index contributed by atoms with van der Waals surface area (Å²) in [5.41, 5.74) is 0.789. The summed E-state index contributed by atoms with van der Waals surface area (Å²) in [6.45, 7) is 2.56. The SMILES string of the molecule is CCNC(=NCc1csc(N(C)C)n1)NCCC(F)(F)F. The summed E-state index contributed by atoms with van der Waals surface area (Å²) >= 11 is 1.50. The van der Waals surface area contributed by atoms with Gasteiger partial charge in [0, 0.05) is 32.6 Å². The molecule has 0 unspecified atom stereocenters. The zero-order chi connectivity index (χ0) is 15.9. The molecular weight excluding hydrogens is 303 g/mol. The zero-order valence-electron chi connectivity index (χ0n) is 12.3. The first-order chi connectivity index (χ1) is 9.81. The molecule has 0 aromatic carbocycles. The van der Waals surface area contributed by atoms with Crippen molar-refractivity contribution in [3.8, 4) is 0 Å². The molecule has 0 aliphatic heterocycles. The quantitative estimate of drug-likeness (QED) is 0.623. The number of alkyl halides is 3. The van der Waals surface area contributed by atoms with Gasteiger partial charge in [0.05, 0.1) is 18.7 Å². The third kappa shape index (κ3) is 7.16. The summed E-state index contributed by atoms with van der Waals surface area (Å²) in [4.78, 5) is 10.5. The Morgan fingerprint density at radius 3 is 2.62 bits per heavy atom. The number of hydrogen-bond donors (Lipinski definition) is 2. The van der Waals surface area contributed by atoms with Crippen molar-refractivity contribution in [1.82, 2.24) is 15.6 Å². The predicted molar refractivity (Wildman–Crippen MR) is 79.9 cm³/mol. The van der Waals surface area contributed by atoms with Crippen LogP contribution in [0.5, 0.6) is 0 Å². The van der Waals surface area contributed by atoms with Gasteiger partial charge in [-0.1, -0.05) is 0 Å². The molecule has 0 radical (unpaired) electrons. The molecule has 0 spiro atoms. The van der Waals surface area contributed by atoms with Gasteiger partial charge in [0.1, 0.15) is 0 Å². The van der Waals surface area contributed by atoms with Gasteiger partial charge in [0.15, 0.2) is 11.1 Å². The van der Waals surface area contributed by atoms with Crippen LogP contribution in [0, 0.1) is 0 Å². The van der Waals surface area contributed by atoms with Crippen LogP contribution in [0.15, 0.2) is 10.4 Å². The lowest BCUT2D eigenvalue weighted by Gasteiger charge is -2.12. The number of hydrogen-bond acceptors (Lipinski definition) is 4. The standard InChI is InChI=1S/C12H20F3N5S/c1-4-16-10(17-6-5-12(13,14)15)18-7-9-8-21-11(19-9)20(2)3/h8H,4-7H2,1-3H3,(H2,16,17,18). The van der Waals surface area contributed by atoms with E-state index >= 15 is 0 Å². The lowest BCUT2D eigenvalue weighted by molar-refractivity contribution is -0.132. The topological polar surface area (TPSA) is 52.6 Å². The maximum absolute atomic E-state index is 12.1. The Kier molecular flexibility index (Phi) is 6.73. The predicted octanol–water partition coefficient (Wildman–Crippen LogP) is 2.22. The van der Waals surface area contributed by atoms with E-state index < -0.39 is 12.6 Å². The van der Waals surface area contributed by atoms with Gasteiger partial charge in [0.25, 0.3) is 0 Å². The summed E-state index contributed by atoms with van der Waals surface area (Å²) in [5, 5.41) is 8.32. The van der Waals surface area contributed by atoms with Crippen LogP contribution in [-0.2, 0) is 6.54 Å². The van der Waals surface area contributed by atoms with Crippen molar-refractivity contribution < 1.29 is 13.2 Å². The van der Waals surface area contributed by atoms with Crippen LogP contribution < -0.4 is 15.5 Å². The Hall–Kier alpha value is -1.51. The molecular formula is C12H20F3N5S. The molecule has 0 amide bonds. The molecule has 0 saturated carbocycles. The number of aliphatic imine (C=N–C) groups is 1. The van der Waals surface area contributed by atoms with Crippen molar-refractivity contribution >= 4 is 22.4 Å². The van der Waals surface area contributed by atoms with Crippen molar-refractivity contribution in [1.29, 1.82) is 0 Å². The third-order valence-electron chi connectivity index (χ3n) is 2.37. The van der Waals surface area contributed by atoms with Crippen LogP contribution >= 0.6 is 11.3 Å². The van der Waals surface area contributed by atoms with Crippen LogP contribution in [0.4, 0.5) is 18.3 Å². The van der Waals surface area contributed by atoms with E-state index in [0.717, 1.165) is 10.8 Å². The second kappa shape index (κ2) is 8.06. The molecule has 1 aromatic rings. The van der Waals surface area contributed by atoms with E-state index in [1.807, 2.05) is 31.3 Å². The van der Waals surface area contributed by atoms with Crippen molar-refractivity contribution in [3.63, 3.8) is 0 Å². The van der Waals surface area contributed by atoms with Crippen molar-refractivity contribution in [2.45, 2.75) is 26.1 Å². The Morgan fingerprint density at radius 2 is 2.10 bits per heavy atom. The monoisotopic (exact) mass is 323 g/mol. The van der Waals surface area contributed by atoms with E-state index in [4.69, 9.17) is 0 Å². The minimum Gasteiger partial charge on any atom is -0.357 e. The molecule has 21 heavy (non-hydrogen) atoms. The van der Waals surface area contributed by atoms with Crippen LogP contribution in [0.3, 0.4) is 0 Å². The van der Waals surface area contributed by atoms with Crippen LogP contribution in [0.1, 0.15) is 19.0 Å². The maximum atomic E-state index is 12.1. The van der Waals surface area contributed by atoms with Crippen LogP contribution in [0.2, 0.25) is 0 Å². The molecule has 0 aliphatic rings. The van der Waals surface area contributed by atoms with E-state index in [9.17, 15) is 13.2 Å². The van der Waals surface area contributed by atoms with Gasteiger partial charge in [-0.2, -0.15) is 13.2 Å². The Labute approximate surface area is 126 Å². The second-order valence-corrected chi connectivity index (χ2v) is 5.34. The van der Waals surface area contributed by atoms with Crippen LogP contribution in [-0.4, -0.2) is 44.3 Å². The average Bonchev–Trinajstić information content (AvgIpc) is 2.83. The number of anilines is 1. The van der Waals surface area contributed by atoms with Gasteiger partial charge in [-0.3, -0.25) is 0 Å². The largest absolute Gasteiger partial charge is 0.390 e. The van der Waals surface area contributed by atoms with Crippen molar-refractivity contribution in [2.75, 3.05) is 32.1 Å². The minimum absolute atomic E-state index is 0.199. The lowest BCUT2D eigenvalue weighted by atomic mass is 10.4. The van der Waals surface area contributed by atoms with Gasteiger partial charge in [-0.15, -0.1) is 11.3 Å². The molecule has 5 nitrogen and oxygen atoms in total. The molecule has 120 valence electrons. The first-order valence-electron chi connectivity index (χ1n) is 6.52. The van der Waals surface area contributed by atoms with Gasteiger partial charge >= 0.3 is 6.18 Å². The first kappa shape index (κ1) is 17.5. The highest BCUT2D eigenvalue weighted by Gasteiger charge is 2.26. The van der Waals surface area contributed by atoms with Gasteiger partial charge < -0.3 is 15.5 Å². The van der Waals surface area contributed by atoms with Gasteiger partial charge in [0.2, 0.25) is 0 Å². The highest BCUT2D eigenvalue weighted by atomic mass is 32.1. The number of nitrogens with zero attached hydrogens (tertiary/aromatic N) is 3. The molecule has 9 heteroatoms. The fraction of sp³-hybridized carbons (Fsp3) is 0.667. The van der Waals surface area contributed by atoms with E-state index in [2.05, 4.69) is 20.6 Å². The zero-order valence-corrected chi connectivity index (χ0v) is 13.1. The number of halogens is 3. The number of guanidine groups is 1. The van der Waals surface area contributed by atoms with Gasteiger partial charge in [-0.25, -0.2) is 9.98 Å². The first-order valence-corrected chi connectivity index (χ1v) is 7.40. The van der Waals surface area contributed by atoms with Crippen molar-refractivity contribution in [3.05, 3.63) is 11.1 Å². The molecule has 0 aliphatic carbocycles. The smallest absolute Gasteiger partial charge is 0.357 e. The Balaban J connectivity index is 2.54. The summed E-state index contributed by atoms with van der Waals surface area (Å²) in [6.07, 6.45) is -5.06. The minimum atomic E-state index is -4.17. The maximum Gasteiger partial charge on any atom is 0.390 e. The lowest BCUT2D eigenvalue weighted by Crippen LogP contribution is -2.38. The number of nitrogens with one attached hydrogen (secondary N) is 2. The molecule has 1 rings (SSSR count). The Morgan fingerprint density at radius 1 is 1.38 bits per heavy atom. The fourth-order valence-corrected chi connectivity index (χ4v) is 2.15. The third-order valence-corrected chi connectivity index (χ3v) is 3.42. The second-order valence-electron chi connectivity index (χ2n) is 4.50. The molecule has 1 heterocycles. The van der Waals surface area contributed by atoms with Gasteiger partial charge in [-0.05, 0) is 6.92 Å². The summed E-state index contributed by atoms with van der Waals surface area (Å²) < 4.78 is 36.3. The normalized spacial score (nSPS) is 12.4. The van der Waals surface area contributed by atoms with Crippen molar-refractivity contribution in [2.24, 2.45) is 4.99 Å².